The molecule has 0 fully saturated rings. The molecule has 1 heterocycles. The van der Waals surface area contributed by atoms with Crippen LogP contribution in [0.25, 0.3) is 10.9 Å². The summed E-state index contributed by atoms with van der Waals surface area (Å²) in [6.07, 6.45) is 6.80. The van der Waals surface area contributed by atoms with Gasteiger partial charge in [0.05, 0.1) is 5.52 Å². The zero-order valence-electron chi connectivity index (χ0n) is 12.8. The number of benzene rings is 1. The molecule has 0 aliphatic heterocycles. The Morgan fingerprint density at radius 2 is 2.24 bits per heavy atom. The molecular formula is C18H23N3. The zero-order chi connectivity index (χ0) is 15.2. The van der Waals surface area contributed by atoms with Crippen molar-refractivity contribution >= 4 is 10.9 Å². The van der Waals surface area contributed by atoms with Crippen molar-refractivity contribution < 1.29 is 0 Å². The molecule has 0 spiro atoms. The molecule has 21 heavy (non-hydrogen) atoms. The van der Waals surface area contributed by atoms with Gasteiger partial charge in [-0.2, -0.15) is 5.10 Å². The van der Waals surface area contributed by atoms with Crippen molar-refractivity contribution in [3.8, 4) is 0 Å². The second kappa shape index (κ2) is 7.04. The van der Waals surface area contributed by atoms with Crippen LogP contribution in [0.2, 0.25) is 0 Å². The molecular weight excluding hydrogens is 258 g/mol. The van der Waals surface area contributed by atoms with Gasteiger partial charge in [-0.05, 0) is 44.1 Å². The molecule has 2 N–H and O–H groups in total. The van der Waals surface area contributed by atoms with E-state index in [0.29, 0.717) is 0 Å². The molecule has 2 rings (SSSR count). The molecule has 0 aliphatic rings. The molecule has 1 unspecified atom stereocenters. The minimum Gasteiger partial charge on any atom is -0.320 e. The molecule has 1 aromatic heterocycles. The third-order valence-corrected chi connectivity index (χ3v) is 3.80. The summed E-state index contributed by atoms with van der Waals surface area (Å²) < 4.78 is 0. The lowest BCUT2D eigenvalue weighted by Gasteiger charge is -2.20. The third-order valence-electron chi connectivity index (χ3n) is 3.80. The Kier molecular flexibility index (Phi) is 5.12. The van der Waals surface area contributed by atoms with Gasteiger partial charge < -0.3 is 5.32 Å². The van der Waals surface area contributed by atoms with Gasteiger partial charge in [-0.25, -0.2) is 0 Å². The molecule has 1 atom stereocenters. The number of hydrogen-bond acceptors (Lipinski definition) is 2. The molecule has 0 radical (unpaired) electrons. The van der Waals surface area contributed by atoms with Gasteiger partial charge in [0, 0.05) is 17.0 Å². The Hall–Kier alpha value is -2.13. The van der Waals surface area contributed by atoms with Crippen LogP contribution in [0, 0.1) is 6.92 Å². The van der Waals surface area contributed by atoms with E-state index in [0.717, 1.165) is 24.2 Å². The first kappa shape index (κ1) is 15.3. The number of aryl methyl sites for hydroxylation is 1. The van der Waals surface area contributed by atoms with Crippen molar-refractivity contribution in [1.82, 2.24) is 15.5 Å². The third kappa shape index (κ3) is 3.14. The van der Waals surface area contributed by atoms with Gasteiger partial charge in [0.1, 0.15) is 0 Å². The lowest BCUT2D eigenvalue weighted by atomic mass is 9.85. The van der Waals surface area contributed by atoms with Gasteiger partial charge in [-0.1, -0.05) is 43.5 Å². The quantitative estimate of drug-likeness (QED) is 0.757. The second-order valence-electron chi connectivity index (χ2n) is 5.14. The van der Waals surface area contributed by atoms with Crippen molar-refractivity contribution in [2.45, 2.75) is 19.3 Å². The largest absolute Gasteiger partial charge is 0.320 e. The monoisotopic (exact) mass is 281 g/mol. The number of allylic oxidation sites excluding steroid dienone is 4. The van der Waals surface area contributed by atoms with Gasteiger partial charge >= 0.3 is 0 Å². The highest BCUT2D eigenvalue weighted by Gasteiger charge is 2.18. The fraction of sp³-hybridized carbons (Fsp3) is 0.278. The van der Waals surface area contributed by atoms with E-state index in [4.69, 9.17) is 0 Å². The molecule has 0 aliphatic carbocycles. The first-order chi connectivity index (χ1) is 10.2. The van der Waals surface area contributed by atoms with Crippen LogP contribution in [0.15, 0.2) is 55.2 Å². The average molecular weight is 281 g/mol. The molecule has 3 nitrogen and oxygen atoms in total. The maximum atomic E-state index is 4.37. The van der Waals surface area contributed by atoms with Crippen LogP contribution in [-0.4, -0.2) is 23.8 Å². The van der Waals surface area contributed by atoms with Crippen LogP contribution in [0.4, 0.5) is 0 Å². The average Bonchev–Trinajstić information content (AvgIpc) is 2.88. The number of rotatable bonds is 7. The van der Waals surface area contributed by atoms with Crippen LogP contribution in [0.1, 0.15) is 23.6 Å². The smallest absolute Gasteiger partial charge is 0.0926 e. The lowest BCUT2D eigenvalue weighted by Crippen LogP contribution is -2.13. The molecule has 0 saturated carbocycles. The molecule has 3 heteroatoms. The van der Waals surface area contributed by atoms with Crippen molar-refractivity contribution in [3.63, 3.8) is 0 Å². The van der Waals surface area contributed by atoms with Crippen LogP contribution in [-0.2, 0) is 0 Å². The van der Waals surface area contributed by atoms with Crippen molar-refractivity contribution in [2.75, 3.05) is 13.6 Å². The number of H-pyrrole nitrogens is 1. The summed E-state index contributed by atoms with van der Waals surface area (Å²) in [6, 6.07) is 6.30. The summed E-state index contributed by atoms with van der Waals surface area (Å²) in [6.45, 7) is 10.8. The number of aromatic amines is 1. The van der Waals surface area contributed by atoms with Crippen LogP contribution < -0.4 is 5.32 Å². The van der Waals surface area contributed by atoms with E-state index in [9.17, 15) is 0 Å². The summed E-state index contributed by atoms with van der Waals surface area (Å²) >= 11 is 0. The highest BCUT2D eigenvalue weighted by atomic mass is 15.1. The van der Waals surface area contributed by atoms with Gasteiger partial charge in [0.25, 0.3) is 0 Å². The highest BCUT2D eigenvalue weighted by Crippen LogP contribution is 2.34. The maximum Gasteiger partial charge on any atom is 0.0926 e. The Morgan fingerprint density at radius 3 is 2.90 bits per heavy atom. The predicted molar refractivity (Wildman–Crippen MR) is 90.6 cm³/mol. The summed E-state index contributed by atoms with van der Waals surface area (Å²) in [5.74, 6) is 0.285. The Labute approximate surface area is 126 Å². The fourth-order valence-corrected chi connectivity index (χ4v) is 2.80. The second-order valence-corrected chi connectivity index (χ2v) is 5.14. The van der Waals surface area contributed by atoms with Crippen molar-refractivity contribution in [3.05, 3.63) is 66.4 Å². The van der Waals surface area contributed by atoms with Crippen molar-refractivity contribution in [1.29, 1.82) is 0 Å². The number of nitrogens with one attached hydrogen (secondary N) is 2. The standard InChI is InChI=1S/C18H23N3/c1-5-8-14(6-2)15(11-12-19-4)16-9-7-10-17-18(16)13(3)20-21-17/h5-10,15,19H,1-2,11-12H2,3-4H3,(H,20,21)/b14-8+. The number of nitrogens with zero attached hydrogens (tertiary/aromatic N) is 1. The maximum absolute atomic E-state index is 4.37. The van der Waals surface area contributed by atoms with Crippen LogP contribution >= 0.6 is 0 Å². The highest BCUT2D eigenvalue weighted by molar-refractivity contribution is 5.85. The van der Waals surface area contributed by atoms with E-state index in [1.54, 1.807) is 0 Å². The van der Waals surface area contributed by atoms with E-state index in [1.807, 2.05) is 31.3 Å². The Morgan fingerprint density at radius 1 is 1.43 bits per heavy atom. The van der Waals surface area contributed by atoms with Gasteiger partial charge in [0.15, 0.2) is 0 Å². The van der Waals surface area contributed by atoms with E-state index >= 15 is 0 Å². The van der Waals surface area contributed by atoms with Crippen LogP contribution in [0.5, 0.6) is 0 Å². The Balaban J connectivity index is 2.57. The van der Waals surface area contributed by atoms with E-state index in [-0.39, 0.29) is 5.92 Å². The molecule has 1 aromatic carbocycles. The van der Waals surface area contributed by atoms with E-state index in [1.165, 1.54) is 16.5 Å². The zero-order valence-corrected chi connectivity index (χ0v) is 12.8. The predicted octanol–water partition coefficient (Wildman–Crippen LogP) is 3.86. The van der Waals surface area contributed by atoms with Crippen LogP contribution in [0.3, 0.4) is 0 Å². The first-order valence-electron chi connectivity index (χ1n) is 7.26. The summed E-state index contributed by atoms with van der Waals surface area (Å²) in [4.78, 5) is 0. The molecule has 0 saturated heterocycles. The molecule has 2 aromatic rings. The number of hydrogen-bond donors (Lipinski definition) is 2. The number of aromatic nitrogens is 2. The molecule has 110 valence electrons. The van der Waals surface area contributed by atoms with Gasteiger partial charge in [0.2, 0.25) is 0 Å². The summed E-state index contributed by atoms with van der Waals surface area (Å²) in [5.41, 5.74) is 4.61. The Bertz CT molecular complexity index is 664. The van der Waals surface area contributed by atoms with E-state index < -0.39 is 0 Å². The van der Waals surface area contributed by atoms with E-state index in [2.05, 4.69) is 47.7 Å². The van der Waals surface area contributed by atoms with Crippen molar-refractivity contribution in [2.24, 2.45) is 0 Å². The molecule has 0 amide bonds. The minimum absolute atomic E-state index is 0.285. The molecule has 0 bridgehead atoms. The first-order valence-corrected chi connectivity index (χ1v) is 7.26. The van der Waals surface area contributed by atoms with Gasteiger partial charge in [-0.15, -0.1) is 0 Å². The minimum atomic E-state index is 0.285. The summed E-state index contributed by atoms with van der Waals surface area (Å²) in [7, 11) is 1.98. The normalized spacial score (nSPS) is 13.3. The summed E-state index contributed by atoms with van der Waals surface area (Å²) in [5, 5.41) is 11.9. The topological polar surface area (TPSA) is 40.7 Å². The lowest BCUT2D eigenvalue weighted by molar-refractivity contribution is 0.664. The fourth-order valence-electron chi connectivity index (χ4n) is 2.80. The number of fused-ring (bicyclic) bond motifs is 1. The SMILES string of the molecule is C=C/C=C(\C=C)C(CCNC)c1cccc2n[nH]c(C)c12. The van der Waals surface area contributed by atoms with Gasteiger partial charge in [-0.3, -0.25) is 5.10 Å².